The fraction of sp³-hybridized carbons (Fsp3) is 0.562. The predicted octanol–water partition coefficient (Wildman–Crippen LogP) is 5.40. The summed E-state index contributed by atoms with van der Waals surface area (Å²) < 4.78 is 43.9. The third-order valence-corrected chi connectivity index (χ3v) is 2.78. The summed E-state index contributed by atoms with van der Waals surface area (Å²) in [7, 11) is 0. The van der Waals surface area contributed by atoms with Crippen LogP contribution in [0.5, 0.6) is 0 Å². The molecule has 0 atom stereocenters. The molecule has 0 bridgehead atoms. The van der Waals surface area contributed by atoms with Gasteiger partial charge in [-0.25, -0.2) is 4.79 Å². The van der Waals surface area contributed by atoms with E-state index in [9.17, 15) is 18.0 Å². The van der Waals surface area contributed by atoms with Gasteiger partial charge in [-0.1, -0.05) is 13.3 Å². The number of aryl methyl sites for hydroxylation is 1. The second-order valence-electron chi connectivity index (χ2n) is 6.15. The highest BCUT2D eigenvalue weighted by atomic mass is 19.4. The number of ether oxygens (including phenoxy) is 1. The molecule has 6 heteroatoms. The van der Waals surface area contributed by atoms with E-state index in [2.05, 4.69) is 5.32 Å². The van der Waals surface area contributed by atoms with E-state index in [0.717, 1.165) is 25.0 Å². The van der Waals surface area contributed by atoms with E-state index < -0.39 is 23.4 Å². The minimum Gasteiger partial charge on any atom is -0.444 e. The number of anilines is 1. The maximum atomic E-state index is 12.9. The fourth-order valence-corrected chi connectivity index (χ4v) is 1.87. The van der Waals surface area contributed by atoms with E-state index >= 15 is 0 Å². The Morgan fingerprint density at radius 2 is 1.82 bits per heavy atom. The molecule has 124 valence electrons. The number of amides is 1. The minimum atomic E-state index is -4.45. The largest absolute Gasteiger partial charge is 0.444 e. The fourth-order valence-electron chi connectivity index (χ4n) is 1.87. The van der Waals surface area contributed by atoms with Gasteiger partial charge in [0.2, 0.25) is 0 Å². The van der Waals surface area contributed by atoms with Crippen LogP contribution in [-0.4, -0.2) is 11.7 Å². The Morgan fingerprint density at radius 1 is 1.18 bits per heavy atom. The lowest BCUT2D eigenvalue weighted by molar-refractivity contribution is -0.137. The van der Waals surface area contributed by atoms with Crippen molar-refractivity contribution in [1.29, 1.82) is 0 Å². The maximum Gasteiger partial charge on any atom is 0.416 e. The van der Waals surface area contributed by atoms with Crippen molar-refractivity contribution in [2.24, 2.45) is 0 Å². The highest BCUT2D eigenvalue weighted by Crippen LogP contribution is 2.32. The molecule has 1 amide bonds. The molecule has 22 heavy (non-hydrogen) atoms. The molecule has 3 nitrogen and oxygen atoms in total. The number of alkyl halides is 3. The first-order valence-corrected chi connectivity index (χ1v) is 7.22. The standard InChI is InChI=1S/C16H22F3NO2/c1-5-6-7-11-8-12(16(17,18)19)10-13(9-11)20-14(21)22-15(2,3)4/h8-10H,5-7H2,1-4H3,(H,20,21). The summed E-state index contributed by atoms with van der Waals surface area (Å²) in [4.78, 5) is 11.7. The van der Waals surface area contributed by atoms with Gasteiger partial charge in [0.15, 0.2) is 0 Å². The van der Waals surface area contributed by atoms with E-state index in [1.165, 1.54) is 0 Å². The Morgan fingerprint density at radius 3 is 2.32 bits per heavy atom. The van der Waals surface area contributed by atoms with E-state index in [4.69, 9.17) is 4.74 Å². The summed E-state index contributed by atoms with van der Waals surface area (Å²) in [5.74, 6) is 0. The van der Waals surface area contributed by atoms with Crippen LogP contribution in [0.15, 0.2) is 18.2 Å². The Bertz CT molecular complexity index is 519. The van der Waals surface area contributed by atoms with Gasteiger partial charge >= 0.3 is 12.3 Å². The van der Waals surface area contributed by atoms with Gasteiger partial charge in [0.25, 0.3) is 0 Å². The lowest BCUT2D eigenvalue weighted by Gasteiger charge is -2.20. The smallest absolute Gasteiger partial charge is 0.416 e. The number of benzene rings is 1. The predicted molar refractivity (Wildman–Crippen MR) is 79.9 cm³/mol. The lowest BCUT2D eigenvalue weighted by atomic mass is 10.0. The molecule has 0 radical (unpaired) electrons. The van der Waals surface area contributed by atoms with E-state index in [1.54, 1.807) is 26.8 Å². The molecule has 0 aliphatic heterocycles. The first-order chi connectivity index (χ1) is 10.0. The van der Waals surface area contributed by atoms with Crippen LogP contribution >= 0.6 is 0 Å². The Hall–Kier alpha value is -1.72. The molecule has 0 aliphatic carbocycles. The van der Waals surface area contributed by atoms with Crippen molar-refractivity contribution < 1.29 is 22.7 Å². The van der Waals surface area contributed by atoms with Crippen LogP contribution in [0.2, 0.25) is 0 Å². The van der Waals surface area contributed by atoms with E-state index in [1.807, 2.05) is 6.92 Å². The van der Waals surface area contributed by atoms with Crippen molar-refractivity contribution in [3.05, 3.63) is 29.3 Å². The van der Waals surface area contributed by atoms with Crippen molar-refractivity contribution in [1.82, 2.24) is 0 Å². The van der Waals surface area contributed by atoms with Crippen LogP contribution < -0.4 is 5.32 Å². The molecule has 0 spiro atoms. The van der Waals surface area contributed by atoms with Gasteiger partial charge in [0.05, 0.1) is 5.56 Å². The summed E-state index contributed by atoms with van der Waals surface area (Å²) in [5.41, 5.74) is -0.846. The Balaban J connectivity index is 2.99. The summed E-state index contributed by atoms with van der Waals surface area (Å²) >= 11 is 0. The Kier molecular flexibility index (Phi) is 5.85. The highest BCUT2D eigenvalue weighted by Gasteiger charge is 2.31. The molecule has 1 N–H and O–H groups in total. The quantitative estimate of drug-likeness (QED) is 0.808. The van der Waals surface area contributed by atoms with E-state index in [-0.39, 0.29) is 5.69 Å². The van der Waals surface area contributed by atoms with Gasteiger partial charge in [-0.05, 0) is 57.4 Å². The van der Waals surface area contributed by atoms with Crippen LogP contribution in [0.3, 0.4) is 0 Å². The highest BCUT2D eigenvalue weighted by molar-refractivity contribution is 5.85. The normalized spacial score (nSPS) is 12.1. The van der Waals surface area contributed by atoms with Crippen LogP contribution in [0.25, 0.3) is 0 Å². The van der Waals surface area contributed by atoms with Gasteiger partial charge in [-0.15, -0.1) is 0 Å². The van der Waals surface area contributed by atoms with Crippen molar-refractivity contribution in [2.75, 3.05) is 5.32 Å². The molecule has 0 saturated heterocycles. The molecule has 1 aromatic carbocycles. The maximum absolute atomic E-state index is 12.9. The van der Waals surface area contributed by atoms with Crippen molar-refractivity contribution in [2.45, 2.75) is 58.7 Å². The number of unbranched alkanes of at least 4 members (excludes halogenated alkanes) is 1. The second kappa shape index (κ2) is 7.03. The number of hydrogen-bond donors (Lipinski definition) is 1. The van der Waals surface area contributed by atoms with Crippen LogP contribution in [0.1, 0.15) is 51.7 Å². The van der Waals surface area contributed by atoms with Crippen LogP contribution in [0.4, 0.5) is 23.7 Å². The molecule has 1 aromatic rings. The van der Waals surface area contributed by atoms with Crippen molar-refractivity contribution in [3.8, 4) is 0 Å². The van der Waals surface area contributed by atoms with Gasteiger partial charge in [0.1, 0.15) is 5.60 Å². The van der Waals surface area contributed by atoms with Gasteiger partial charge in [0, 0.05) is 5.69 Å². The minimum absolute atomic E-state index is 0.0928. The first kappa shape index (κ1) is 18.3. The SMILES string of the molecule is CCCCc1cc(NC(=O)OC(C)(C)C)cc(C(F)(F)F)c1. The van der Waals surface area contributed by atoms with Crippen molar-refractivity contribution >= 4 is 11.8 Å². The molecule has 0 fully saturated rings. The number of nitrogens with one attached hydrogen (secondary N) is 1. The number of rotatable bonds is 4. The average molecular weight is 317 g/mol. The number of halogens is 3. The number of carbonyl (C=O) groups is 1. The zero-order valence-corrected chi connectivity index (χ0v) is 13.3. The third kappa shape index (κ3) is 6.37. The van der Waals surface area contributed by atoms with Gasteiger partial charge in [-0.2, -0.15) is 13.2 Å². The zero-order chi connectivity index (χ0) is 17.0. The molecular formula is C16H22F3NO2. The zero-order valence-electron chi connectivity index (χ0n) is 13.3. The molecular weight excluding hydrogens is 295 g/mol. The summed E-state index contributed by atoms with van der Waals surface area (Å²) in [6.07, 6.45) is -3.03. The first-order valence-electron chi connectivity index (χ1n) is 7.22. The number of hydrogen-bond acceptors (Lipinski definition) is 2. The monoisotopic (exact) mass is 317 g/mol. The topological polar surface area (TPSA) is 38.3 Å². The molecule has 0 unspecified atom stereocenters. The third-order valence-electron chi connectivity index (χ3n) is 2.78. The molecule has 0 aromatic heterocycles. The molecule has 1 rings (SSSR count). The molecule has 0 heterocycles. The summed E-state index contributed by atoms with van der Waals surface area (Å²) in [5, 5.41) is 2.37. The lowest BCUT2D eigenvalue weighted by Crippen LogP contribution is -2.27. The average Bonchev–Trinajstić information content (AvgIpc) is 2.32. The summed E-state index contributed by atoms with van der Waals surface area (Å²) in [6.45, 7) is 7.02. The summed E-state index contributed by atoms with van der Waals surface area (Å²) in [6, 6.07) is 3.59. The van der Waals surface area contributed by atoms with Crippen LogP contribution in [0, 0.1) is 0 Å². The molecule has 0 saturated carbocycles. The molecule has 0 aliphatic rings. The van der Waals surface area contributed by atoms with Crippen molar-refractivity contribution in [3.63, 3.8) is 0 Å². The second-order valence-corrected chi connectivity index (χ2v) is 6.15. The van der Waals surface area contributed by atoms with Crippen LogP contribution in [-0.2, 0) is 17.3 Å². The Labute approximate surface area is 128 Å². The van der Waals surface area contributed by atoms with Gasteiger partial charge < -0.3 is 4.74 Å². The van der Waals surface area contributed by atoms with Gasteiger partial charge in [-0.3, -0.25) is 5.32 Å². The van der Waals surface area contributed by atoms with E-state index in [0.29, 0.717) is 12.0 Å². The number of carbonyl (C=O) groups excluding carboxylic acids is 1.